The summed E-state index contributed by atoms with van der Waals surface area (Å²) in [4.78, 5) is 3.85. The monoisotopic (exact) mass is 417 g/mol. The van der Waals surface area contributed by atoms with Gasteiger partial charge in [-0.2, -0.15) is 18.3 Å². The van der Waals surface area contributed by atoms with E-state index >= 15 is 0 Å². The van der Waals surface area contributed by atoms with Gasteiger partial charge in [0.15, 0.2) is 20.6 Å². The lowest BCUT2D eigenvalue weighted by Gasteiger charge is -2.09. The molecule has 9 heteroatoms. The Morgan fingerprint density at radius 1 is 0.931 bits per heavy atom. The van der Waals surface area contributed by atoms with Gasteiger partial charge in [-0.15, -0.1) is 0 Å². The smallest absolute Gasteiger partial charge is 0.242 e. The Morgan fingerprint density at radius 3 is 2.28 bits per heavy atom. The molecule has 2 aromatic carbocycles. The summed E-state index contributed by atoms with van der Waals surface area (Å²) in [5, 5.41) is 5.36. The van der Waals surface area contributed by atoms with Crippen LogP contribution in [0.5, 0.6) is 0 Å². The van der Waals surface area contributed by atoms with Crippen molar-refractivity contribution >= 4 is 20.6 Å². The lowest BCUT2D eigenvalue weighted by Crippen LogP contribution is -2.08. The number of hydrogen-bond acceptors (Lipinski definition) is 4. The van der Waals surface area contributed by atoms with E-state index in [1.54, 1.807) is 12.1 Å². The van der Waals surface area contributed by atoms with Crippen LogP contribution in [0, 0.1) is 0 Å². The van der Waals surface area contributed by atoms with Gasteiger partial charge in [-0.3, -0.25) is 0 Å². The zero-order valence-corrected chi connectivity index (χ0v) is 15.9. The first kappa shape index (κ1) is 19.1. The average Bonchev–Trinajstić information content (AvgIpc) is 3.13. The van der Waals surface area contributed by atoms with E-state index in [1.807, 2.05) is 30.3 Å². The number of fused-ring (bicyclic) bond motifs is 1. The van der Waals surface area contributed by atoms with E-state index in [-0.39, 0.29) is 16.4 Å². The Morgan fingerprint density at radius 2 is 1.66 bits per heavy atom. The number of aromatic nitrogens is 3. The predicted molar refractivity (Wildman–Crippen MR) is 102 cm³/mol. The van der Waals surface area contributed by atoms with Crippen LogP contribution in [0.25, 0.3) is 27.7 Å². The van der Waals surface area contributed by atoms with E-state index in [2.05, 4.69) is 10.1 Å². The van der Waals surface area contributed by atoms with E-state index in [0.717, 1.165) is 27.8 Å². The highest BCUT2D eigenvalue weighted by Gasteiger charge is 2.35. The molecule has 0 aliphatic carbocycles. The maximum Gasteiger partial charge on any atom is 0.435 e. The van der Waals surface area contributed by atoms with Gasteiger partial charge in [0.2, 0.25) is 0 Å². The molecule has 0 bridgehead atoms. The van der Waals surface area contributed by atoms with Crippen molar-refractivity contribution in [3.8, 4) is 16.9 Å². The molecular formula is C20H14F3N3O2S. The highest BCUT2D eigenvalue weighted by molar-refractivity contribution is 7.90. The maximum atomic E-state index is 13.3. The van der Waals surface area contributed by atoms with Crippen LogP contribution in [0.1, 0.15) is 5.69 Å². The van der Waals surface area contributed by atoms with Gasteiger partial charge in [0, 0.05) is 11.8 Å². The molecule has 0 saturated heterocycles. The van der Waals surface area contributed by atoms with Crippen LogP contribution in [0.2, 0.25) is 0 Å². The normalized spacial score (nSPS) is 12.4. The second-order valence-electron chi connectivity index (χ2n) is 6.51. The number of sulfone groups is 1. The minimum Gasteiger partial charge on any atom is -0.242 e. The highest BCUT2D eigenvalue weighted by Crippen LogP contribution is 2.34. The Bertz CT molecular complexity index is 1310. The molecule has 0 unspecified atom stereocenters. The summed E-state index contributed by atoms with van der Waals surface area (Å²) in [7, 11) is -3.53. The minimum absolute atomic E-state index is 0.170. The number of hydrogen-bond donors (Lipinski definition) is 0. The summed E-state index contributed by atoms with van der Waals surface area (Å²) < 4.78 is 64.3. The van der Waals surface area contributed by atoms with Gasteiger partial charge >= 0.3 is 6.18 Å². The molecule has 5 nitrogen and oxygen atoms in total. The van der Waals surface area contributed by atoms with Gasteiger partial charge in [0.1, 0.15) is 0 Å². The van der Waals surface area contributed by atoms with Crippen molar-refractivity contribution in [2.24, 2.45) is 0 Å². The molecule has 0 fully saturated rings. The molecule has 0 saturated carbocycles. The van der Waals surface area contributed by atoms with E-state index in [0.29, 0.717) is 5.56 Å². The van der Waals surface area contributed by atoms with Crippen LogP contribution in [0.4, 0.5) is 13.2 Å². The van der Waals surface area contributed by atoms with Crippen molar-refractivity contribution in [2.75, 3.05) is 6.26 Å². The van der Waals surface area contributed by atoms with Gasteiger partial charge in [-0.1, -0.05) is 36.4 Å². The number of pyridine rings is 1. The first-order valence-electron chi connectivity index (χ1n) is 8.46. The van der Waals surface area contributed by atoms with Crippen molar-refractivity contribution < 1.29 is 21.6 Å². The summed E-state index contributed by atoms with van der Waals surface area (Å²) in [6.07, 6.45) is -2.43. The van der Waals surface area contributed by atoms with Crippen molar-refractivity contribution in [3.05, 3.63) is 72.6 Å². The maximum absolute atomic E-state index is 13.3. The number of alkyl halides is 3. The van der Waals surface area contributed by atoms with Crippen LogP contribution in [0.15, 0.2) is 71.9 Å². The summed E-state index contributed by atoms with van der Waals surface area (Å²) in [5.74, 6) is 0. The van der Waals surface area contributed by atoms with Crippen molar-refractivity contribution in [2.45, 2.75) is 11.2 Å². The molecular weight excluding hydrogens is 403 g/mol. The summed E-state index contributed by atoms with van der Waals surface area (Å²) in [6, 6.07) is 16.4. The van der Waals surface area contributed by atoms with E-state index < -0.39 is 21.7 Å². The molecule has 0 aliphatic heterocycles. The molecule has 29 heavy (non-hydrogen) atoms. The third kappa shape index (κ3) is 3.73. The molecule has 4 aromatic rings. The van der Waals surface area contributed by atoms with Crippen LogP contribution in [-0.4, -0.2) is 29.4 Å². The quantitative estimate of drug-likeness (QED) is 0.492. The van der Waals surface area contributed by atoms with Gasteiger partial charge in [-0.05, 0) is 35.0 Å². The molecule has 4 rings (SSSR count). The Hall–Kier alpha value is -3.20. The summed E-state index contributed by atoms with van der Waals surface area (Å²) >= 11 is 0. The average molecular weight is 417 g/mol. The minimum atomic E-state index is -4.63. The standard InChI is InChI=1S/C20H14F3N3O2S/c1-29(27,28)19-9-8-16(12-24-19)26-17(11-18(25-26)20(21,22)23)15-7-6-13-4-2-3-5-14(13)10-15/h2-12H,1H3. The van der Waals surface area contributed by atoms with Gasteiger partial charge in [0.25, 0.3) is 0 Å². The molecule has 0 spiro atoms. The Balaban J connectivity index is 1.90. The fraction of sp³-hybridized carbons (Fsp3) is 0.100. The third-order valence-corrected chi connectivity index (χ3v) is 5.39. The molecule has 0 radical (unpaired) electrons. The van der Waals surface area contributed by atoms with E-state index in [4.69, 9.17) is 0 Å². The van der Waals surface area contributed by atoms with E-state index in [9.17, 15) is 21.6 Å². The fourth-order valence-corrected chi connectivity index (χ4v) is 3.55. The summed E-state index contributed by atoms with van der Waals surface area (Å²) in [6.45, 7) is 0. The zero-order valence-electron chi connectivity index (χ0n) is 15.1. The number of halogens is 3. The molecule has 0 N–H and O–H groups in total. The van der Waals surface area contributed by atoms with Crippen LogP contribution < -0.4 is 0 Å². The largest absolute Gasteiger partial charge is 0.435 e. The SMILES string of the molecule is CS(=O)(=O)c1ccc(-n2nc(C(F)(F)F)cc2-c2ccc3ccccc3c2)cn1. The number of nitrogens with zero attached hydrogens (tertiary/aromatic N) is 3. The van der Waals surface area contributed by atoms with Crippen LogP contribution in [0.3, 0.4) is 0 Å². The highest BCUT2D eigenvalue weighted by atomic mass is 32.2. The molecule has 148 valence electrons. The first-order chi connectivity index (χ1) is 13.6. The second kappa shape index (κ2) is 6.70. The molecule has 0 amide bonds. The van der Waals surface area contributed by atoms with Gasteiger partial charge < -0.3 is 0 Å². The zero-order chi connectivity index (χ0) is 20.8. The van der Waals surface area contributed by atoms with Gasteiger partial charge in [-0.25, -0.2) is 18.1 Å². The van der Waals surface area contributed by atoms with Crippen molar-refractivity contribution in [3.63, 3.8) is 0 Å². The molecule has 0 atom stereocenters. The first-order valence-corrected chi connectivity index (χ1v) is 10.3. The predicted octanol–water partition coefficient (Wildman–Crippen LogP) is 4.51. The number of rotatable bonds is 3. The Kier molecular flexibility index (Phi) is 4.42. The second-order valence-corrected chi connectivity index (χ2v) is 8.48. The topological polar surface area (TPSA) is 64.8 Å². The fourth-order valence-electron chi connectivity index (χ4n) is 2.99. The Labute approximate surface area is 164 Å². The van der Waals surface area contributed by atoms with E-state index in [1.165, 1.54) is 18.3 Å². The molecule has 2 aromatic heterocycles. The van der Waals surface area contributed by atoms with Crippen molar-refractivity contribution in [1.82, 2.24) is 14.8 Å². The van der Waals surface area contributed by atoms with Gasteiger partial charge in [0.05, 0.1) is 17.6 Å². The number of benzene rings is 2. The van der Waals surface area contributed by atoms with Crippen LogP contribution in [-0.2, 0) is 16.0 Å². The van der Waals surface area contributed by atoms with Crippen molar-refractivity contribution in [1.29, 1.82) is 0 Å². The lowest BCUT2D eigenvalue weighted by atomic mass is 10.0. The van der Waals surface area contributed by atoms with Crippen LogP contribution >= 0.6 is 0 Å². The summed E-state index contributed by atoms with van der Waals surface area (Å²) in [5.41, 5.74) is -0.0696. The third-order valence-electron chi connectivity index (χ3n) is 4.39. The molecule has 0 aliphatic rings. The lowest BCUT2D eigenvalue weighted by molar-refractivity contribution is -0.141. The molecule has 2 heterocycles.